The Labute approximate surface area is 119 Å². The summed E-state index contributed by atoms with van der Waals surface area (Å²) in [7, 11) is 0. The number of oxime groups is 2. The predicted octanol–water partition coefficient (Wildman–Crippen LogP) is 1.89. The van der Waals surface area contributed by atoms with E-state index in [1.54, 1.807) is 13.8 Å². The third kappa shape index (κ3) is 12.4. The molecule has 0 fully saturated rings. The predicted molar refractivity (Wildman–Crippen MR) is 75.6 cm³/mol. The van der Waals surface area contributed by atoms with Crippen molar-refractivity contribution in [2.24, 2.45) is 10.3 Å². The molecule has 0 radical (unpaired) electrons. The standard InChI is InChI=1S/C7H11NO3.C6H11NO2/c1-4-7(10)11-8-5(2)6(3)9;1-4-9-7-5(2)6(3)8/h4H2,1-3H3;4H2,1-3H3. The van der Waals surface area contributed by atoms with E-state index in [-0.39, 0.29) is 23.7 Å². The normalized spacial score (nSPS) is 11.1. The number of carbonyl (C=O) groups excluding carboxylic acids is 3. The van der Waals surface area contributed by atoms with Crippen molar-refractivity contribution in [3.8, 4) is 0 Å². The van der Waals surface area contributed by atoms with Gasteiger partial charge in [-0.3, -0.25) is 9.59 Å². The van der Waals surface area contributed by atoms with Crippen LogP contribution in [-0.4, -0.2) is 35.6 Å². The number of hydrogen-bond donors (Lipinski definition) is 0. The van der Waals surface area contributed by atoms with Gasteiger partial charge in [-0.15, -0.1) is 0 Å². The molecule has 7 nitrogen and oxygen atoms in total. The van der Waals surface area contributed by atoms with Gasteiger partial charge in [0.1, 0.15) is 18.0 Å². The van der Waals surface area contributed by atoms with Gasteiger partial charge in [-0.05, 0) is 20.8 Å². The Bertz CT molecular complexity index is 400. The van der Waals surface area contributed by atoms with Crippen molar-refractivity contribution in [1.29, 1.82) is 0 Å². The molecular weight excluding hydrogens is 264 g/mol. The Balaban J connectivity index is 0. The van der Waals surface area contributed by atoms with E-state index in [4.69, 9.17) is 0 Å². The van der Waals surface area contributed by atoms with Crippen LogP contribution in [0.25, 0.3) is 0 Å². The number of rotatable bonds is 6. The molecule has 0 bridgehead atoms. The SMILES string of the molecule is CCC(=O)ON=C(C)C(C)=O.CCON=C(C)C(C)=O. The van der Waals surface area contributed by atoms with Crippen LogP contribution in [-0.2, 0) is 24.1 Å². The lowest BCUT2D eigenvalue weighted by Gasteiger charge is -1.93. The highest BCUT2D eigenvalue weighted by Gasteiger charge is 2.00. The molecule has 0 unspecified atom stereocenters. The molecule has 0 saturated carbocycles. The molecule has 0 atom stereocenters. The van der Waals surface area contributed by atoms with Gasteiger partial charge in [-0.2, -0.15) is 0 Å². The van der Waals surface area contributed by atoms with Crippen molar-refractivity contribution in [2.75, 3.05) is 6.61 Å². The lowest BCUT2D eigenvalue weighted by molar-refractivity contribution is -0.143. The fourth-order valence-corrected chi connectivity index (χ4v) is 0.474. The van der Waals surface area contributed by atoms with Gasteiger partial charge in [0.25, 0.3) is 0 Å². The fraction of sp³-hybridized carbons (Fsp3) is 0.615. The molecule has 0 aliphatic heterocycles. The third-order valence-electron chi connectivity index (χ3n) is 1.92. The molecule has 0 aromatic carbocycles. The monoisotopic (exact) mass is 286 g/mol. The van der Waals surface area contributed by atoms with Crippen molar-refractivity contribution in [3.05, 3.63) is 0 Å². The zero-order chi connectivity index (χ0) is 16.1. The minimum absolute atomic E-state index is 0.0524. The lowest BCUT2D eigenvalue weighted by Crippen LogP contribution is -2.07. The van der Waals surface area contributed by atoms with Gasteiger partial charge in [0.15, 0.2) is 11.6 Å². The Kier molecular flexibility index (Phi) is 12.2. The summed E-state index contributed by atoms with van der Waals surface area (Å²) >= 11 is 0. The first-order chi connectivity index (χ1) is 9.26. The summed E-state index contributed by atoms with van der Waals surface area (Å²) in [6, 6.07) is 0. The highest BCUT2D eigenvalue weighted by atomic mass is 16.7. The molecule has 0 aromatic rings. The zero-order valence-electron chi connectivity index (χ0n) is 12.8. The maximum absolute atomic E-state index is 10.5. The smallest absolute Gasteiger partial charge is 0.334 e. The zero-order valence-corrected chi connectivity index (χ0v) is 12.8. The maximum atomic E-state index is 10.5. The van der Waals surface area contributed by atoms with Crippen molar-refractivity contribution in [3.63, 3.8) is 0 Å². The van der Waals surface area contributed by atoms with Crippen LogP contribution in [0.2, 0.25) is 0 Å². The molecule has 0 aromatic heterocycles. The first-order valence-corrected chi connectivity index (χ1v) is 6.19. The Morgan fingerprint density at radius 3 is 1.65 bits per heavy atom. The van der Waals surface area contributed by atoms with Crippen LogP contribution in [0.4, 0.5) is 0 Å². The van der Waals surface area contributed by atoms with Gasteiger partial charge in [-0.1, -0.05) is 17.2 Å². The molecule has 0 spiro atoms. The lowest BCUT2D eigenvalue weighted by atomic mass is 10.3. The van der Waals surface area contributed by atoms with E-state index < -0.39 is 5.97 Å². The summed E-state index contributed by atoms with van der Waals surface area (Å²) in [6.45, 7) is 9.90. The topological polar surface area (TPSA) is 94.4 Å². The number of hydrogen-bond acceptors (Lipinski definition) is 7. The van der Waals surface area contributed by atoms with E-state index in [0.29, 0.717) is 12.3 Å². The first-order valence-electron chi connectivity index (χ1n) is 6.19. The van der Waals surface area contributed by atoms with Crippen molar-refractivity contribution < 1.29 is 24.1 Å². The molecule has 0 N–H and O–H groups in total. The highest BCUT2D eigenvalue weighted by Crippen LogP contribution is 1.87. The van der Waals surface area contributed by atoms with Crippen LogP contribution in [0.5, 0.6) is 0 Å². The van der Waals surface area contributed by atoms with Gasteiger partial charge < -0.3 is 9.68 Å². The summed E-state index contributed by atoms with van der Waals surface area (Å²) in [5.41, 5.74) is 0.614. The van der Waals surface area contributed by atoms with Crippen molar-refractivity contribution >= 4 is 29.0 Å². The maximum Gasteiger partial charge on any atom is 0.334 e. The summed E-state index contributed by atoms with van der Waals surface area (Å²) in [4.78, 5) is 40.4. The molecule has 0 aliphatic carbocycles. The molecule has 20 heavy (non-hydrogen) atoms. The molecule has 114 valence electrons. The Morgan fingerprint density at radius 2 is 1.30 bits per heavy atom. The number of nitrogens with zero attached hydrogens (tertiary/aromatic N) is 2. The van der Waals surface area contributed by atoms with E-state index in [1.807, 2.05) is 6.92 Å². The van der Waals surface area contributed by atoms with E-state index in [1.165, 1.54) is 20.8 Å². The van der Waals surface area contributed by atoms with Crippen LogP contribution in [0.3, 0.4) is 0 Å². The molecular formula is C13H22N2O5. The molecule has 0 amide bonds. The van der Waals surface area contributed by atoms with Crippen molar-refractivity contribution in [1.82, 2.24) is 0 Å². The summed E-state index contributed by atoms with van der Waals surface area (Å²) in [6.07, 6.45) is 0.259. The molecule has 0 rings (SSSR count). The minimum atomic E-state index is -0.439. The second-order valence-corrected chi connectivity index (χ2v) is 3.70. The van der Waals surface area contributed by atoms with Gasteiger partial charge >= 0.3 is 5.97 Å². The highest BCUT2D eigenvalue weighted by molar-refractivity contribution is 6.38. The fourth-order valence-electron chi connectivity index (χ4n) is 0.474. The second kappa shape index (κ2) is 12.0. The quantitative estimate of drug-likeness (QED) is 0.422. The van der Waals surface area contributed by atoms with E-state index in [0.717, 1.165) is 0 Å². The largest absolute Gasteiger partial charge is 0.396 e. The van der Waals surface area contributed by atoms with Crippen LogP contribution in [0.15, 0.2) is 10.3 Å². The van der Waals surface area contributed by atoms with E-state index >= 15 is 0 Å². The molecule has 0 aliphatic rings. The Hall–Kier alpha value is -2.05. The van der Waals surface area contributed by atoms with Crippen LogP contribution in [0.1, 0.15) is 48.0 Å². The third-order valence-corrected chi connectivity index (χ3v) is 1.92. The number of Topliss-reactive ketones (excluding diaryl/α,β-unsaturated/α-hetero) is 2. The van der Waals surface area contributed by atoms with Crippen molar-refractivity contribution in [2.45, 2.75) is 48.0 Å². The van der Waals surface area contributed by atoms with Gasteiger partial charge in [0.2, 0.25) is 0 Å². The minimum Gasteiger partial charge on any atom is -0.396 e. The summed E-state index contributed by atoms with van der Waals surface area (Å²) < 4.78 is 0. The average Bonchev–Trinajstić information content (AvgIpc) is 2.41. The van der Waals surface area contributed by atoms with Gasteiger partial charge in [-0.25, -0.2) is 4.79 Å². The van der Waals surface area contributed by atoms with Crippen LogP contribution in [0, 0.1) is 0 Å². The Morgan fingerprint density at radius 1 is 0.850 bits per heavy atom. The number of ketones is 2. The summed E-state index contributed by atoms with van der Waals surface area (Å²) in [5, 5.41) is 6.82. The second-order valence-electron chi connectivity index (χ2n) is 3.70. The van der Waals surface area contributed by atoms with E-state index in [2.05, 4.69) is 20.0 Å². The first kappa shape index (κ1) is 20.3. The van der Waals surface area contributed by atoms with Crippen LogP contribution >= 0.6 is 0 Å². The summed E-state index contributed by atoms with van der Waals surface area (Å²) in [5.74, 6) is -0.692. The number of carbonyl (C=O) groups is 3. The van der Waals surface area contributed by atoms with Crippen LogP contribution < -0.4 is 0 Å². The molecule has 0 saturated heterocycles. The van der Waals surface area contributed by atoms with E-state index in [9.17, 15) is 14.4 Å². The molecule has 0 heterocycles. The average molecular weight is 286 g/mol. The van der Waals surface area contributed by atoms with Gasteiger partial charge in [0, 0.05) is 20.3 Å². The van der Waals surface area contributed by atoms with Gasteiger partial charge in [0.05, 0.1) is 0 Å². The molecule has 7 heteroatoms.